The van der Waals surface area contributed by atoms with Crippen LogP contribution in [0, 0.1) is 11.2 Å². The molecule has 19 heavy (non-hydrogen) atoms. The van der Waals surface area contributed by atoms with Gasteiger partial charge in [-0.25, -0.2) is 4.39 Å². The van der Waals surface area contributed by atoms with E-state index in [0.717, 1.165) is 24.3 Å². The van der Waals surface area contributed by atoms with Gasteiger partial charge in [0, 0.05) is 25.3 Å². The van der Waals surface area contributed by atoms with E-state index in [-0.39, 0.29) is 17.3 Å². The predicted molar refractivity (Wildman–Crippen MR) is 81.2 cm³/mol. The summed E-state index contributed by atoms with van der Waals surface area (Å²) < 4.78 is 13.5. The second kappa shape index (κ2) is 6.38. The SMILES string of the molecule is CCNC(C)c1cc(F)ccc1N(C)CC(C)(C)C. The molecule has 1 N–H and O–H groups in total. The Kier molecular flexibility index (Phi) is 5.36. The zero-order chi connectivity index (χ0) is 14.6. The van der Waals surface area contributed by atoms with Gasteiger partial charge in [0.05, 0.1) is 0 Å². The highest BCUT2D eigenvalue weighted by atomic mass is 19.1. The van der Waals surface area contributed by atoms with Crippen LogP contribution in [0.15, 0.2) is 18.2 Å². The molecule has 0 saturated carbocycles. The van der Waals surface area contributed by atoms with E-state index in [4.69, 9.17) is 0 Å². The van der Waals surface area contributed by atoms with Gasteiger partial charge in [-0.1, -0.05) is 27.7 Å². The minimum Gasteiger partial charge on any atom is -0.374 e. The van der Waals surface area contributed by atoms with Gasteiger partial charge in [-0.3, -0.25) is 0 Å². The van der Waals surface area contributed by atoms with Crippen LogP contribution in [0.25, 0.3) is 0 Å². The number of halogens is 1. The van der Waals surface area contributed by atoms with Crippen LogP contribution in [-0.4, -0.2) is 20.1 Å². The highest BCUT2D eigenvalue weighted by Crippen LogP contribution is 2.28. The first-order chi connectivity index (χ1) is 8.74. The number of nitrogens with one attached hydrogen (secondary N) is 1. The lowest BCUT2D eigenvalue weighted by Gasteiger charge is -2.31. The Bertz CT molecular complexity index is 410. The highest BCUT2D eigenvalue weighted by molar-refractivity contribution is 5.54. The second-order valence-electron chi connectivity index (χ2n) is 6.40. The molecule has 0 spiro atoms. The summed E-state index contributed by atoms with van der Waals surface area (Å²) in [7, 11) is 2.07. The van der Waals surface area contributed by atoms with Crippen LogP contribution in [0.2, 0.25) is 0 Å². The molecule has 1 rings (SSSR count). The van der Waals surface area contributed by atoms with Crippen molar-refractivity contribution in [3.05, 3.63) is 29.6 Å². The Morgan fingerprint density at radius 1 is 1.32 bits per heavy atom. The molecular formula is C16H27FN2. The van der Waals surface area contributed by atoms with Gasteiger partial charge in [-0.15, -0.1) is 0 Å². The molecule has 1 aromatic rings. The quantitative estimate of drug-likeness (QED) is 0.867. The van der Waals surface area contributed by atoms with E-state index in [0.29, 0.717) is 0 Å². The van der Waals surface area contributed by atoms with Crippen LogP contribution in [0.1, 0.15) is 46.2 Å². The number of benzene rings is 1. The Morgan fingerprint density at radius 3 is 2.47 bits per heavy atom. The summed E-state index contributed by atoms with van der Waals surface area (Å²) in [5, 5.41) is 3.35. The number of hydrogen-bond acceptors (Lipinski definition) is 2. The van der Waals surface area contributed by atoms with Crippen LogP contribution < -0.4 is 10.2 Å². The molecule has 2 nitrogen and oxygen atoms in total. The molecule has 0 aliphatic rings. The topological polar surface area (TPSA) is 15.3 Å². The molecule has 0 heterocycles. The van der Waals surface area contributed by atoms with E-state index in [1.807, 2.05) is 6.07 Å². The predicted octanol–water partition coefficient (Wildman–Crippen LogP) is 3.98. The Hall–Kier alpha value is -1.09. The van der Waals surface area contributed by atoms with Crippen molar-refractivity contribution in [3.8, 4) is 0 Å². The van der Waals surface area contributed by atoms with E-state index in [1.54, 1.807) is 6.07 Å². The van der Waals surface area contributed by atoms with Gasteiger partial charge in [0.25, 0.3) is 0 Å². The zero-order valence-electron chi connectivity index (χ0n) is 13.0. The fourth-order valence-corrected chi connectivity index (χ4v) is 2.43. The van der Waals surface area contributed by atoms with Gasteiger partial charge in [-0.05, 0) is 42.6 Å². The molecule has 0 bridgehead atoms. The average Bonchev–Trinajstić information content (AvgIpc) is 2.26. The lowest BCUT2D eigenvalue weighted by atomic mass is 9.95. The van der Waals surface area contributed by atoms with Crippen molar-refractivity contribution >= 4 is 5.69 Å². The molecule has 1 atom stereocenters. The number of nitrogens with zero attached hydrogens (tertiary/aromatic N) is 1. The van der Waals surface area contributed by atoms with Crippen LogP contribution in [-0.2, 0) is 0 Å². The largest absolute Gasteiger partial charge is 0.374 e. The molecule has 0 aromatic heterocycles. The van der Waals surface area contributed by atoms with Gasteiger partial charge >= 0.3 is 0 Å². The summed E-state index contributed by atoms with van der Waals surface area (Å²) in [5.41, 5.74) is 2.33. The molecule has 0 amide bonds. The minimum absolute atomic E-state index is 0.151. The Morgan fingerprint density at radius 2 is 1.95 bits per heavy atom. The lowest BCUT2D eigenvalue weighted by Crippen LogP contribution is -2.31. The molecule has 0 aliphatic carbocycles. The summed E-state index contributed by atoms with van der Waals surface area (Å²) in [4.78, 5) is 2.21. The first kappa shape index (κ1) is 16.0. The van der Waals surface area contributed by atoms with E-state index >= 15 is 0 Å². The third-order valence-corrected chi connectivity index (χ3v) is 3.09. The van der Waals surface area contributed by atoms with E-state index in [2.05, 4.69) is 51.9 Å². The van der Waals surface area contributed by atoms with Crippen molar-refractivity contribution in [2.45, 2.75) is 40.7 Å². The minimum atomic E-state index is -0.173. The molecule has 0 fully saturated rings. The second-order valence-corrected chi connectivity index (χ2v) is 6.40. The first-order valence-corrected chi connectivity index (χ1v) is 6.98. The van der Waals surface area contributed by atoms with Crippen molar-refractivity contribution in [2.24, 2.45) is 5.41 Å². The van der Waals surface area contributed by atoms with Crippen molar-refractivity contribution in [2.75, 3.05) is 25.0 Å². The number of rotatable bonds is 5. The molecule has 3 heteroatoms. The fourth-order valence-electron chi connectivity index (χ4n) is 2.43. The standard InChI is InChI=1S/C16H27FN2/c1-7-18-12(2)14-10-13(17)8-9-15(14)19(6)11-16(3,4)5/h8-10,12,18H,7,11H2,1-6H3. The molecule has 1 unspecified atom stereocenters. The maximum Gasteiger partial charge on any atom is 0.123 e. The molecule has 0 radical (unpaired) electrons. The number of anilines is 1. The van der Waals surface area contributed by atoms with Crippen LogP contribution >= 0.6 is 0 Å². The monoisotopic (exact) mass is 266 g/mol. The van der Waals surface area contributed by atoms with E-state index < -0.39 is 0 Å². The number of hydrogen-bond donors (Lipinski definition) is 1. The summed E-state index contributed by atoms with van der Waals surface area (Å²) in [6, 6.07) is 5.21. The smallest absolute Gasteiger partial charge is 0.123 e. The molecule has 0 aliphatic heterocycles. The van der Waals surface area contributed by atoms with Crippen LogP contribution in [0.3, 0.4) is 0 Å². The van der Waals surface area contributed by atoms with Gasteiger partial charge < -0.3 is 10.2 Å². The highest BCUT2D eigenvalue weighted by Gasteiger charge is 2.18. The molecule has 0 saturated heterocycles. The maximum absolute atomic E-state index is 13.5. The summed E-state index contributed by atoms with van der Waals surface area (Å²) in [5.74, 6) is -0.173. The summed E-state index contributed by atoms with van der Waals surface area (Å²) in [6.45, 7) is 12.6. The Balaban J connectivity index is 3.05. The van der Waals surface area contributed by atoms with Gasteiger partial charge in [0.1, 0.15) is 5.82 Å². The van der Waals surface area contributed by atoms with Crippen molar-refractivity contribution in [1.82, 2.24) is 5.32 Å². The normalized spacial score (nSPS) is 13.4. The molecular weight excluding hydrogens is 239 g/mol. The fraction of sp³-hybridized carbons (Fsp3) is 0.625. The van der Waals surface area contributed by atoms with Crippen molar-refractivity contribution in [1.29, 1.82) is 0 Å². The van der Waals surface area contributed by atoms with Crippen molar-refractivity contribution < 1.29 is 4.39 Å². The van der Waals surface area contributed by atoms with Crippen molar-refractivity contribution in [3.63, 3.8) is 0 Å². The molecule has 1 aromatic carbocycles. The summed E-state index contributed by atoms with van der Waals surface area (Å²) >= 11 is 0. The maximum atomic E-state index is 13.5. The van der Waals surface area contributed by atoms with Gasteiger partial charge in [0.15, 0.2) is 0 Å². The Labute approximate surface area is 117 Å². The van der Waals surface area contributed by atoms with Crippen LogP contribution in [0.4, 0.5) is 10.1 Å². The lowest BCUT2D eigenvalue weighted by molar-refractivity contribution is 0.418. The molecule has 108 valence electrons. The third kappa shape index (κ3) is 4.83. The first-order valence-electron chi connectivity index (χ1n) is 6.98. The zero-order valence-corrected chi connectivity index (χ0v) is 13.0. The van der Waals surface area contributed by atoms with E-state index in [1.165, 1.54) is 6.07 Å². The summed E-state index contributed by atoms with van der Waals surface area (Å²) in [6.07, 6.45) is 0. The average molecular weight is 266 g/mol. The van der Waals surface area contributed by atoms with Gasteiger partial charge in [0.2, 0.25) is 0 Å². The van der Waals surface area contributed by atoms with E-state index in [9.17, 15) is 4.39 Å². The van der Waals surface area contributed by atoms with Crippen LogP contribution in [0.5, 0.6) is 0 Å². The third-order valence-electron chi connectivity index (χ3n) is 3.09. The van der Waals surface area contributed by atoms with Gasteiger partial charge in [-0.2, -0.15) is 0 Å².